The van der Waals surface area contributed by atoms with Crippen LogP contribution in [0.15, 0.2) is 36.7 Å². The van der Waals surface area contributed by atoms with Crippen molar-refractivity contribution in [3.63, 3.8) is 0 Å². The van der Waals surface area contributed by atoms with E-state index in [1.165, 1.54) is 19.3 Å². The average molecular weight is 376 g/mol. The van der Waals surface area contributed by atoms with Crippen molar-refractivity contribution in [2.45, 2.75) is 44.6 Å². The number of amides is 1. The smallest absolute Gasteiger partial charge is 0.253 e. The zero-order valence-corrected chi connectivity index (χ0v) is 15.8. The molecular weight excluding hydrogens is 352 g/mol. The van der Waals surface area contributed by atoms with Crippen molar-refractivity contribution < 1.29 is 4.79 Å². The molecule has 2 aliphatic rings. The van der Waals surface area contributed by atoms with Crippen LogP contribution in [0.5, 0.6) is 0 Å². The van der Waals surface area contributed by atoms with Crippen LogP contribution >= 0.6 is 0 Å². The molecule has 0 radical (unpaired) electrons. The van der Waals surface area contributed by atoms with E-state index < -0.39 is 0 Å². The van der Waals surface area contributed by atoms with Crippen molar-refractivity contribution >= 4 is 17.2 Å². The first-order chi connectivity index (χ1) is 13.8. The summed E-state index contributed by atoms with van der Waals surface area (Å²) in [7, 11) is 0. The first-order valence-corrected chi connectivity index (χ1v) is 10.1. The second-order valence-corrected chi connectivity index (χ2v) is 7.76. The highest BCUT2D eigenvalue weighted by Gasteiger charge is 2.26. The molecule has 0 unspecified atom stereocenters. The van der Waals surface area contributed by atoms with Gasteiger partial charge in [-0.05, 0) is 55.9 Å². The van der Waals surface area contributed by atoms with E-state index >= 15 is 0 Å². The summed E-state index contributed by atoms with van der Waals surface area (Å²) in [6.07, 6.45) is 7.50. The van der Waals surface area contributed by atoms with Gasteiger partial charge in [0.1, 0.15) is 6.33 Å². The second kappa shape index (κ2) is 7.22. The van der Waals surface area contributed by atoms with E-state index in [1.54, 1.807) is 10.8 Å². The lowest BCUT2D eigenvalue weighted by molar-refractivity contribution is 0.0724. The number of carbonyl (C=O) groups excluding carboxylic acids is 1. The minimum atomic E-state index is 0.146. The number of hydrogen-bond donors (Lipinski definition) is 1. The lowest BCUT2D eigenvalue weighted by Crippen LogP contribution is -2.35. The number of piperidine rings is 1. The van der Waals surface area contributed by atoms with Gasteiger partial charge in [0.15, 0.2) is 0 Å². The van der Waals surface area contributed by atoms with Crippen molar-refractivity contribution in [3.8, 4) is 0 Å². The molecule has 1 saturated carbocycles. The molecule has 3 aromatic rings. The largest absolute Gasteiger partial charge is 0.378 e. The molecule has 1 aliphatic carbocycles. The monoisotopic (exact) mass is 376 g/mol. The van der Waals surface area contributed by atoms with Crippen LogP contribution in [-0.2, 0) is 6.54 Å². The van der Waals surface area contributed by atoms with Crippen LogP contribution in [0.4, 0.5) is 5.69 Å². The number of nitrogens with zero attached hydrogens (tertiary/aromatic N) is 5. The van der Waals surface area contributed by atoms with Gasteiger partial charge in [0.05, 0.1) is 11.4 Å². The average Bonchev–Trinajstić information content (AvgIpc) is 3.49. The molecule has 5 rings (SSSR count). The fraction of sp³-hybridized carbons (Fsp3) is 0.429. The topological polar surface area (TPSA) is 75.4 Å². The van der Waals surface area contributed by atoms with Gasteiger partial charge in [-0.25, -0.2) is 0 Å². The highest BCUT2D eigenvalue weighted by Crippen LogP contribution is 2.39. The number of fused-ring (bicyclic) bond motifs is 1. The Balaban J connectivity index is 1.29. The molecule has 0 spiro atoms. The fourth-order valence-electron chi connectivity index (χ4n) is 3.80. The molecule has 7 nitrogen and oxygen atoms in total. The first kappa shape index (κ1) is 17.2. The van der Waals surface area contributed by atoms with E-state index in [0.717, 1.165) is 54.1 Å². The third-order valence-corrected chi connectivity index (χ3v) is 5.61. The Morgan fingerprint density at radius 3 is 2.64 bits per heavy atom. The Bertz CT molecular complexity index is 986. The molecule has 1 N–H and O–H groups in total. The second-order valence-electron chi connectivity index (χ2n) is 7.76. The van der Waals surface area contributed by atoms with Gasteiger partial charge in [0, 0.05) is 31.1 Å². The summed E-state index contributed by atoms with van der Waals surface area (Å²) >= 11 is 0. The molecule has 1 saturated heterocycles. The number of anilines is 1. The quantitative estimate of drug-likeness (QED) is 0.740. The Morgan fingerprint density at radius 2 is 1.89 bits per heavy atom. The maximum Gasteiger partial charge on any atom is 0.253 e. The van der Waals surface area contributed by atoms with Crippen LogP contribution in [0.25, 0.3) is 5.65 Å². The Labute approximate surface area is 163 Å². The number of benzene rings is 1. The van der Waals surface area contributed by atoms with E-state index in [0.29, 0.717) is 12.5 Å². The van der Waals surface area contributed by atoms with Gasteiger partial charge in [-0.1, -0.05) is 12.1 Å². The summed E-state index contributed by atoms with van der Waals surface area (Å²) in [6.45, 7) is 2.42. The van der Waals surface area contributed by atoms with Crippen LogP contribution in [0.3, 0.4) is 0 Å². The number of likely N-dealkylation sites (tertiary alicyclic amines) is 1. The van der Waals surface area contributed by atoms with Crippen molar-refractivity contribution in [1.29, 1.82) is 0 Å². The number of nitrogens with one attached hydrogen (secondary N) is 1. The Hall–Kier alpha value is -2.96. The van der Waals surface area contributed by atoms with Gasteiger partial charge in [-0.15, -0.1) is 10.2 Å². The van der Waals surface area contributed by atoms with Crippen molar-refractivity contribution in [2.75, 3.05) is 18.4 Å². The summed E-state index contributed by atoms with van der Waals surface area (Å²) in [6, 6.07) is 10.0. The molecular formula is C21H24N6O. The van der Waals surface area contributed by atoms with Crippen molar-refractivity contribution in [2.24, 2.45) is 0 Å². The molecule has 3 heterocycles. The number of rotatable bonds is 5. The van der Waals surface area contributed by atoms with E-state index in [-0.39, 0.29) is 5.91 Å². The van der Waals surface area contributed by atoms with E-state index in [2.05, 4.69) is 26.7 Å². The molecule has 0 bridgehead atoms. The zero-order chi connectivity index (χ0) is 18.9. The van der Waals surface area contributed by atoms with Gasteiger partial charge >= 0.3 is 0 Å². The molecule has 1 aromatic carbocycles. The number of carbonyl (C=O) groups is 1. The molecule has 144 valence electrons. The predicted octanol–water partition coefficient (Wildman–Crippen LogP) is 3.24. The number of aromatic nitrogens is 4. The summed E-state index contributed by atoms with van der Waals surface area (Å²) < 4.78 is 1.75. The fourth-order valence-corrected chi connectivity index (χ4v) is 3.80. The van der Waals surface area contributed by atoms with Crippen molar-refractivity contribution in [3.05, 3.63) is 53.5 Å². The van der Waals surface area contributed by atoms with Crippen LogP contribution in [-0.4, -0.2) is 43.7 Å². The van der Waals surface area contributed by atoms with Crippen LogP contribution in [0, 0.1) is 0 Å². The van der Waals surface area contributed by atoms with Crippen LogP contribution < -0.4 is 5.32 Å². The molecule has 1 amide bonds. The standard InChI is InChI=1S/C21H24N6O/c28-21(26-10-2-1-3-11-26)17-6-4-15(5-7-17)13-22-19-12-18(16-8-9-16)25-27-14-23-24-20(19)27/h4-7,12,14,16,22H,1-3,8-11,13H2. The van der Waals surface area contributed by atoms with Gasteiger partial charge in [0.2, 0.25) is 5.65 Å². The normalized spacial score (nSPS) is 17.1. The van der Waals surface area contributed by atoms with Crippen molar-refractivity contribution in [1.82, 2.24) is 24.7 Å². The predicted molar refractivity (Wildman–Crippen MR) is 106 cm³/mol. The minimum absolute atomic E-state index is 0.146. The maximum absolute atomic E-state index is 12.6. The van der Waals surface area contributed by atoms with Gasteiger partial charge in [-0.2, -0.15) is 9.61 Å². The summed E-state index contributed by atoms with van der Waals surface area (Å²) in [5, 5.41) is 16.2. The lowest BCUT2D eigenvalue weighted by atomic mass is 10.1. The van der Waals surface area contributed by atoms with Crippen LogP contribution in [0.2, 0.25) is 0 Å². The highest BCUT2D eigenvalue weighted by molar-refractivity contribution is 5.94. The minimum Gasteiger partial charge on any atom is -0.378 e. The van der Waals surface area contributed by atoms with Crippen LogP contribution in [0.1, 0.15) is 59.6 Å². The Kier molecular flexibility index (Phi) is 4.43. The summed E-state index contributed by atoms with van der Waals surface area (Å²) in [5.41, 5.74) is 4.67. The van der Waals surface area contributed by atoms with E-state index in [9.17, 15) is 4.79 Å². The maximum atomic E-state index is 12.6. The van der Waals surface area contributed by atoms with Gasteiger partial charge < -0.3 is 10.2 Å². The van der Waals surface area contributed by atoms with E-state index in [4.69, 9.17) is 0 Å². The molecule has 1 aliphatic heterocycles. The third-order valence-electron chi connectivity index (χ3n) is 5.61. The van der Waals surface area contributed by atoms with E-state index in [1.807, 2.05) is 29.2 Å². The third kappa shape index (κ3) is 3.44. The molecule has 7 heteroatoms. The lowest BCUT2D eigenvalue weighted by Gasteiger charge is -2.26. The zero-order valence-electron chi connectivity index (χ0n) is 15.8. The molecule has 28 heavy (non-hydrogen) atoms. The Morgan fingerprint density at radius 1 is 1.11 bits per heavy atom. The summed E-state index contributed by atoms with van der Waals surface area (Å²) in [4.78, 5) is 14.6. The number of hydrogen-bond acceptors (Lipinski definition) is 5. The SMILES string of the molecule is O=C(c1ccc(CNc2cc(C3CC3)nn3cnnc23)cc1)N1CCCCC1. The molecule has 2 fully saturated rings. The molecule has 0 atom stereocenters. The van der Waals surface area contributed by atoms with Gasteiger partial charge in [0.25, 0.3) is 5.91 Å². The first-order valence-electron chi connectivity index (χ1n) is 10.1. The molecule has 2 aromatic heterocycles. The van der Waals surface area contributed by atoms with Gasteiger partial charge in [-0.3, -0.25) is 4.79 Å². The summed E-state index contributed by atoms with van der Waals surface area (Å²) in [5.74, 6) is 0.708. The highest BCUT2D eigenvalue weighted by atomic mass is 16.2.